The van der Waals surface area contributed by atoms with E-state index in [2.05, 4.69) is 10.3 Å². The summed E-state index contributed by atoms with van der Waals surface area (Å²) >= 11 is 6.07. The molecular weight excluding hydrogens is 460 g/mol. The van der Waals surface area contributed by atoms with Crippen molar-refractivity contribution < 1.29 is 18.0 Å². The van der Waals surface area contributed by atoms with Crippen molar-refractivity contribution in [1.82, 2.24) is 4.98 Å². The van der Waals surface area contributed by atoms with Crippen molar-refractivity contribution in [3.8, 4) is 0 Å². The third kappa shape index (κ3) is 5.86. The number of rotatable bonds is 8. The van der Waals surface area contributed by atoms with E-state index in [1.165, 1.54) is 18.3 Å². The van der Waals surface area contributed by atoms with Crippen LogP contribution in [0.4, 0.5) is 5.69 Å². The lowest BCUT2D eigenvalue weighted by atomic mass is 9.79. The Morgan fingerprint density at radius 3 is 2.30 bits per heavy atom. The highest BCUT2D eigenvalue weighted by atomic mass is 35.5. The molecule has 0 saturated heterocycles. The van der Waals surface area contributed by atoms with E-state index in [4.69, 9.17) is 11.6 Å². The van der Waals surface area contributed by atoms with Crippen LogP contribution in [0.1, 0.15) is 42.4 Å². The van der Waals surface area contributed by atoms with Gasteiger partial charge in [0.15, 0.2) is 15.6 Å². The number of halogens is 1. The van der Waals surface area contributed by atoms with Gasteiger partial charge in [0.25, 0.3) is 0 Å². The quantitative estimate of drug-likeness (QED) is 0.460. The van der Waals surface area contributed by atoms with Gasteiger partial charge >= 0.3 is 0 Å². The Labute approximate surface area is 198 Å². The molecule has 0 atom stereocenters. The van der Waals surface area contributed by atoms with E-state index >= 15 is 0 Å². The van der Waals surface area contributed by atoms with E-state index in [1.54, 1.807) is 49.4 Å². The second-order valence-electron chi connectivity index (χ2n) is 8.17. The molecule has 172 valence electrons. The summed E-state index contributed by atoms with van der Waals surface area (Å²) in [6.07, 6.45) is 1.52. The molecule has 0 radical (unpaired) electrons. The number of nitrogens with one attached hydrogen (secondary N) is 1. The summed E-state index contributed by atoms with van der Waals surface area (Å²) in [5.41, 5.74) is 1.40. The van der Waals surface area contributed by atoms with E-state index < -0.39 is 15.3 Å². The Bertz CT molecular complexity index is 1270. The Morgan fingerprint density at radius 1 is 1.03 bits per heavy atom. The Hall–Kier alpha value is -3.03. The first kappa shape index (κ1) is 24.6. The molecule has 1 amide bonds. The number of pyridine rings is 1. The number of nitrogens with zero attached hydrogens (tertiary/aromatic N) is 1. The van der Waals surface area contributed by atoms with Crippen LogP contribution in [-0.2, 0) is 26.5 Å². The monoisotopic (exact) mass is 484 g/mol. The van der Waals surface area contributed by atoms with Crippen LogP contribution in [0.3, 0.4) is 0 Å². The van der Waals surface area contributed by atoms with Crippen molar-refractivity contribution in [3.05, 3.63) is 88.7 Å². The van der Waals surface area contributed by atoms with Gasteiger partial charge in [0.1, 0.15) is 5.69 Å². The molecule has 1 aromatic heterocycles. The molecule has 0 unspecified atom stereocenters. The van der Waals surface area contributed by atoms with E-state index in [0.717, 1.165) is 5.56 Å². The van der Waals surface area contributed by atoms with Gasteiger partial charge in [-0.25, -0.2) is 8.42 Å². The number of aromatic nitrogens is 1. The van der Waals surface area contributed by atoms with Gasteiger partial charge in [-0.15, -0.1) is 0 Å². The molecule has 0 aliphatic rings. The molecule has 33 heavy (non-hydrogen) atoms. The molecule has 1 N–H and O–H groups in total. The number of hydrogen-bond donors (Lipinski definition) is 1. The molecule has 2 aromatic carbocycles. The van der Waals surface area contributed by atoms with Crippen LogP contribution in [0.25, 0.3) is 0 Å². The molecule has 0 bridgehead atoms. The lowest BCUT2D eigenvalue weighted by Gasteiger charge is -2.23. The van der Waals surface area contributed by atoms with Gasteiger partial charge in [0, 0.05) is 5.02 Å². The predicted molar refractivity (Wildman–Crippen MR) is 130 cm³/mol. The molecule has 6 nitrogen and oxygen atoms in total. The van der Waals surface area contributed by atoms with E-state index in [0.29, 0.717) is 16.3 Å². The van der Waals surface area contributed by atoms with E-state index in [-0.39, 0.29) is 34.5 Å². The average Bonchev–Trinajstić information content (AvgIpc) is 2.79. The first-order valence-electron chi connectivity index (χ1n) is 10.4. The zero-order valence-corrected chi connectivity index (χ0v) is 20.2. The summed E-state index contributed by atoms with van der Waals surface area (Å²) < 4.78 is 23.8. The van der Waals surface area contributed by atoms with Crippen molar-refractivity contribution >= 4 is 38.8 Å². The third-order valence-electron chi connectivity index (χ3n) is 5.42. The van der Waals surface area contributed by atoms with Gasteiger partial charge in [-0.3, -0.25) is 14.6 Å². The van der Waals surface area contributed by atoms with Crippen LogP contribution in [0.5, 0.6) is 0 Å². The highest BCUT2D eigenvalue weighted by Crippen LogP contribution is 2.29. The van der Waals surface area contributed by atoms with Crippen LogP contribution in [0.15, 0.2) is 71.8 Å². The fourth-order valence-electron chi connectivity index (χ4n) is 3.30. The van der Waals surface area contributed by atoms with Gasteiger partial charge in [-0.2, -0.15) is 0 Å². The number of benzene rings is 2. The molecular formula is C25H25ClN2O4S. The largest absolute Gasteiger partial charge is 0.324 e. The number of carbonyl (C=O) groups is 2. The molecule has 0 aliphatic carbocycles. The fourth-order valence-corrected chi connectivity index (χ4v) is 4.38. The lowest BCUT2D eigenvalue weighted by molar-refractivity contribution is -0.115. The van der Waals surface area contributed by atoms with Crippen LogP contribution >= 0.6 is 11.6 Å². The number of hydrogen-bond acceptors (Lipinski definition) is 5. The van der Waals surface area contributed by atoms with Crippen LogP contribution in [-0.4, -0.2) is 30.8 Å². The minimum atomic E-state index is -3.28. The minimum Gasteiger partial charge on any atom is -0.324 e. The zero-order valence-electron chi connectivity index (χ0n) is 18.6. The molecule has 0 saturated carbocycles. The molecule has 0 spiro atoms. The molecule has 8 heteroatoms. The number of Topliss-reactive ketones (excluding diaryl/α,β-unsaturated/α-hetero) is 1. The summed E-state index contributed by atoms with van der Waals surface area (Å²) in [6.45, 7) is 5.21. The molecule has 0 aliphatic heterocycles. The SMILES string of the molecule is CCS(=O)(=O)c1ccc(CC(=O)Nc2ccc(C(=O)C(C)(C)c3cccc(Cl)c3)nc2)cc1. The number of carbonyl (C=O) groups excluding carboxylic acids is 2. The predicted octanol–water partition coefficient (Wildman–Crippen LogP) is 4.87. The molecule has 0 fully saturated rings. The molecule has 3 rings (SSSR count). The van der Waals surface area contributed by atoms with Gasteiger partial charge in [0.05, 0.1) is 34.4 Å². The topological polar surface area (TPSA) is 93.2 Å². The van der Waals surface area contributed by atoms with Crippen LogP contribution in [0.2, 0.25) is 5.02 Å². The van der Waals surface area contributed by atoms with Gasteiger partial charge in [0.2, 0.25) is 5.91 Å². The standard InChI is InChI=1S/C25H25ClN2O4S/c1-4-33(31,32)21-11-8-17(9-12-21)14-23(29)28-20-10-13-22(27-16-20)24(30)25(2,3)18-6-5-7-19(26)15-18/h5-13,15-16H,4,14H2,1-3H3,(H,28,29). The maximum absolute atomic E-state index is 13.0. The second kappa shape index (κ2) is 9.85. The Balaban J connectivity index is 1.65. The number of ketones is 1. The van der Waals surface area contributed by atoms with Gasteiger partial charge < -0.3 is 5.32 Å². The van der Waals surface area contributed by atoms with Crippen molar-refractivity contribution in [3.63, 3.8) is 0 Å². The van der Waals surface area contributed by atoms with E-state index in [1.807, 2.05) is 19.9 Å². The van der Waals surface area contributed by atoms with Crippen LogP contribution in [0, 0.1) is 0 Å². The molecule has 3 aromatic rings. The summed E-state index contributed by atoms with van der Waals surface area (Å²) in [7, 11) is -3.28. The fraction of sp³-hybridized carbons (Fsp3) is 0.240. The first-order chi connectivity index (χ1) is 15.5. The Morgan fingerprint density at radius 2 is 1.73 bits per heavy atom. The van der Waals surface area contributed by atoms with Crippen LogP contribution < -0.4 is 5.32 Å². The normalized spacial score (nSPS) is 11.8. The highest BCUT2D eigenvalue weighted by molar-refractivity contribution is 7.91. The van der Waals surface area contributed by atoms with Crippen molar-refractivity contribution in [2.45, 2.75) is 37.5 Å². The van der Waals surface area contributed by atoms with Gasteiger partial charge in [-0.05, 0) is 61.4 Å². The summed E-state index contributed by atoms with van der Waals surface area (Å²) in [6, 6.07) is 16.6. The summed E-state index contributed by atoms with van der Waals surface area (Å²) in [5.74, 6) is -0.416. The number of sulfone groups is 1. The smallest absolute Gasteiger partial charge is 0.228 e. The maximum Gasteiger partial charge on any atom is 0.228 e. The first-order valence-corrected chi connectivity index (χ1v) is 12.4. The lowest BCUT2D eigenvalue weighted by Crippen LogP contribution is -2.29. The summed E-state index contributed by atoms with van der Waals surface area (Å²) in [5, 5.41) is 3.30. The van der Waals surface area contributed by atoms with Gasteiger partial charge in [-0.1, -0.05) is 42.8 Å². The number of anilines is 1. The third-order valence-corrected chi connectivity index (χ3v) is 7.41. The second-order valence-corrected chi connectivity index (χ2v) is 10.9. The minimum absolute atomic E-state index is 0.0224. The van der Waals surface area contributed by atoms with Crippen molar-refractivity contribution in [1.29, 1.82) is 0 Å². The Kier molecular flexibility index (Phi) is 7.34. The summed E-state index contributed by atoms with van der Waals surface area (Å²) in [4.78, 5) is 29.9. The zero-order chi connectivity index (χ0) is 24.2. The maximum atomic E-state index is 13.0. The van der Waals surface area contributed by atoms with E-state index in [9.17, 15) is 18.0 Å². The van der Waals surface area contributed by atoms with Crippen molar-refractivity contribution in [2.24, 2.45) is 0 Å². The molecule has 1 heterocycles. The number of amides is 1. The van der Waals surface area contributed by atoms with Crippen molar-refractivity contribution in [2.75, 3.05) is 11.1 Å². The average molecular weight is 485 g/mol. The highest BCUT2D eigenvalue weighted by Gasteiger charge is 2.31.